The van der Waals surface area contributed by atoms with E-state index in [9.17, 15) is 9.00 Å². The third kappa shape index (κ3) is 6.50. The van der Waals surface area contributed by atoms with Crippen molar-refractivity contribution >= 4 is 34.0 Å². The average molecular weight is 317 g/mol. The summed E-state index contributed by atoms with van der Waals surface area (Å²) in [7, 11) is -0.793. The summed E-state index contributed by atoms with van der Waals surface area (Å²) in [5, 5.41) is 6.53. The molecule has 0 saturated heterocycles. The molecule has 1 rings (SSSR count). The first kappa shape index (κ1) is 17.1. The monoisotopic (exact) mass is 316 g/mol. The van der Waals surface area contributed by atoms with E-state index in [1.54, 1.807) is 18.4 Å². The standard InChI is InChI=1S/C14H21ClN2O2S/c1-10-4-5-12(15)8-13(10)17-14(18)9-16-11(2)6-7-20(3)19/h4-5,8,11,16H,6-7,9H2,1-3H3,(H,17,18). The van der Waals surface area contributed by atoms with Crippen molar-refractivity contribution in [1.29, 1.82) is 0 Å². The Morgan fingerprint density at radius 1 is 1.45 bits per heavy atom. The number of anilines is 1. The second-order valence-electron chi connectivity index (χ2n) is 4.86. The normalized spacial score (nSPS) is 13.8. The number of hydrogen-bond acceptors (Lipinski definition) is 3. The summed E-state index contributed by atoms with van der Waals surface area (Å²) in [6, 6.07) is 5.55. The highest BCUT2D eigenvalue weighted by atomic mass is 35.5. The van der Waals surface area contributed by atoms with Crippen molar-refractivity contribution < 1.29 is 9.00 Å². The number of benzene rings is 1. The van der Waals surface area contributed by atoms with Gasteiger partial charge in [-0.3, -0.25) is 9.00 Å². The number of nitrogens with one attached hydrogen (secondary N) is 2. The van der Waals surface area contributed by atoms with Gasteiger partial charge < -0.3 is 10.6 Å². The molecule has 2 unspecified atom stereocenters. The van der Waals surface area contributed by atoms with Gasteiger partial charge in [-0.05, 0) is 38.0 Å². The van der Waals surface area contributed by atoms with Crippen LogP contribution in [0.5, 0.6) is 0 Å². The minimum Gasteiger partial charge on any atom is -0.325 e. The van der Waals surface area contributed by atoms with Crippen LogP contribution in [0.1, 0.15) is 18.9 Å². The van der Waals surface area contributed by atoms with Gasteiger partial charge in [-0.15, -0.1) is 0 Å². The summed E-state index contributed by atoms with van der Waals surface area (Å²) < 4.78 is 11.0. The van der Waals surface area contributed by atoms with Crippen LogP contribution in [-0.4, -0.2) is 34.7 Å². The molecule has 1 aromatic carbocycles. The van der Waals surface area contributed by atoms with Crippen molar-refractivity contribution in [3.8, 4) is 0 Å². The van der Waals surface area contributed by atoms with Crippen LogP contribution in [0.25, 0.3) is 0 Å². The quantitative estimate of drug-likeness (QED) is 0.811. The molecule has 20 heavy (non-hydrogen) atoms. The SMILES string of the molecule is Cc1ccc(Cl)cc1NC(=O)CNC(C)CCS(C)=O. The molecule has 0 aliphatic carbocycles. The molecule has 0 saturated carbocycles. The van der Waals surface area contributed by atoms with Crippen LogP contribution in [0.2, 0.25) is 5.02 Å². The molecule has 1 amide bonds. The highest BCUT2D eigenvalue weighted by molar-refractivity contribution is 7.84. The zero-order valence-electron chi connectivity index (χ0n) is 12.0. The van der Waals surface area contributed by atoms with Crippen molar-refractivity contribution in [2.45, 2.75) is 26.3 Å². The van der Waals surface area contributed by atoms with E-state index >= 15 is 0 Å². The Labute approximate surface area is 127 Å². The first-order valence-electron chi connectivity index (χ1n) is 6.48. The van der Waals surface area contributed by atoms with Crippen molar-refractivity contribution in [2.75, 3.05) is 23.9 Å². The second kappa shape index (κ2) is 8.39. The van der Waals surface area contributed by atoms with E-state index in [1.165, 1.54) is 0 Å². The number of amides is 1. The van der Waals surface area contributed by atoms with Gasteiger partial charge in [0.05, 0.1) is 6.54 Å². The number of carbonyl (C=O) groups is 1. The number of rotatable bonds is 7. The Morgan fingerprint density at radius 3 is 2.80 bits per heavy atom. The van der Waals surface area contributed by atoms with Gasteiger partial charge in [0.15, 0.2) is 0 Å². The fraction of sp³-hybridized carbons (Fsp3) is 0.500. The molecule has 6 heteroatoms. The Morgan fingerprint density at radius 2 is 2.15 bits per heavy atom. The highest BCUT2D eigenvalue weighted by Crippen LogP contribution is 2.19. The predicted octanol–water partition coefficient (Wildman–Crippen LogP) is 2.33. The molecular weight excluding hydrogens is 296 g/mol. The number of hydrogen-bond donors (Lipinski definition) is 2. The molecule has 2 atom stereocenters. The molecule has 0 aromatic heterocycles. The number of halogens is 1. The lowest BCUT2D eigenvalue weighted by atomic mass is 10.2. The molecule has 2 N–H and O–H groups in total. The van der Waals surface area contributed by atoms with Crippen LogP contribution in [0.4, 0.5) is 5.69 Å². The Hall–Kier alpha value is -0.910. The zero-order chi connectivity index (χ0) is 15.1. The predicted molar refractivity (Wildman–Crippen MR) is 85.8 cm³/mol. The topological polar surface area (TPSA) is 58.2 Å². The fourth-order valence-electron chi connectivity index (χ4n) is 1.64. The van der Waals surface area contributed by atoms with Gasteiger partial charge in [0.2, 0.25) is 5.91 Å². The van der Waals surface area contributed by atoms with Crippen LogP contribution in [0, 0.1) is 6.92 Å². The van der Waals surface area contributed by atoms with E-state index < -0.39 is 10.8 Å². The summed E-state index contributed by atoms with van der Waals surface area (Å²) in [5.41, 5.74) is 1.70. The van der Waals surface area contributed by atoms with Crippen molar-refractivity contribution in [2.24, 2.45) is 0 Å². The number of aryl methyl sites for hydroxylation is 1. The summed E-state index contributed by atoms with van der Waals surface area (Å²) in [6.07, 6.45) is 2.47. The third-order valence-corrected chi connectivity index (χ3v) is 3.97. The lowest BCUT2D eigenvalue weighted by Crippen LogP contribution is -2.35. The molecule has 112 valence electrons. The van der Waals surface area contributed by atoms with E-state index in [-0.39, 0.29) is 18.5 Å². The molecular formula is C14H21ClN2O2S. The van der Waals surface area contributed by atoms with Gasteiger partial charge in [0.1, 0.15) is 0 Å². The molecule has 4 nitrogen and oxygen atoms in total. The van der Waals surface area contributed by atoms with Gasteiger partial charge in [-0.25, -0.2) is 0 Å². The lowest BCUT2D eigenvalue weighted by Gasteiger charge is -2.14. The van der Waals surface area contributed by atoms with E-state index in [1.807, 2.05) is 19.9 Å². The molecule has 0 bridgehead atoms. The Kier molecular flexibility index (Phi) is 7.19. The molecule has 0 heterocycles. The minimum absolute atomic E-state index is 0.111. The maximum atomic E-state index is 11.8. The third-order valence-electron chi connectivity index (χ3n) is 2.92. The van der Waals surface area contributed by atoms with Crippen LogP contribution in [0.15, 0.2) is 18.2 Å². The summed E-state index contributed by atoms with van der Waals surface area (Å²) in [4.78, 5) is 11.8. The van der Waals surface area contributed by atoms with Gasteiger partial charge in [-0.2, -0.15) is 0 Å². The van der Waals surface area contributed by atoms with Gasteiger partial charge in [-0.1, -0.05) is 17.7 Å². The average Bonchev–Trinajstić information content (AvgIpc) is 2.38. The molecule has 0 radical (unpaired) electrons. The van der Waals surface area contributed by atoms with E-state index in [0.29, 0.717) is 10.8 Å². The molecule has 0 spiro atoms. The highest BCUT2D eigenvalue weighted by Gasteiger charge is 2.08. The molecule has 0 aliphatic heterocycles. The summed E-state index contributed by atoms with van der Waals surface area (Å²) in [6.45, 7) is 4.12. The van der Waals surface area contributed by atoms with E-state index in [0.717, 1.165) is 17.7 Å². The van der Waals surface area contributed by atoms with Crippen molar-refractivity contribution in [3.63, 3.8) is 0 Å². The molecule has 0 fully saturated rings. The second-order valence-corrected chi connectivity index (χ2v) is 6.85. The van der Waals surface area contributed by atoms with Crippen LogP contribution in [-0.2, 0) is 15.6 Å². The Bertz CT molecular complexity index is 494. The van der Waals surface area contributed by atoms with E-state index in [4.69, 9.17) is 11.6 Å². The fourth-order valence-corrected chi connectivity index (χ4v) is 2.49. The summed E-state index contributed by atoms with van der Waals surface area (Å²) >= 11 is 5.90. The first-order chi connectivity index (χ1) is 9.38. The summed E-state index contributed by atoms with van der Waals surface area (Å²) in [5.74, 6) is 0.531. The van der Waals surface area contributed by atoms with Gasteiger partial charge in [0, 0.05) is 39.6 Å². The number of carbonyl (C=O) groups excluding carboxylic acids is 1. The lowest BCUT2D eigenvalue weighted by molar-refractivity contribution is -0.115. The maximum Gasteiger partial charge on any atom is 0.238 e. The van der Waals surface area contributed by atoms with Crippen LogP contribution < -0.4 is 10.6 Å². The van der Waals surface area contributed by atoms with Crippen molar-refractivity contribution in [3.05, 3.63) is 28.8 Å². The molecule has 1 aromatic rings. The van der Waals surface area contributed by atoms with Crippen LogP contribution >= 0.6 is 11.6 Å². The van der Waals surface area contributed by atoms with E-state index in [2.05, 4.69) is 10.6 Å². The van der Waals surface area contributed by atoms with Crippen molar-refractivity contribution in [1.82, 2.24) is 5.32 Å². The Balaban J connectivity index is 2.40. The molecule has 0 aliphatic rings. The maximum absolute atomic E-state index is 11.8. The van der Waals surface area contributed by atoms with Gasteiger partial charge >= 0.3 is 0 Å². The van der Waals surface area contributed by atoms with Crippen LogP contribution in [0.3, 0.4) is 0 Å². The smallest absolute Gasteiger partial charge is 0.238 e. The van der Waals surface area contributed by atoms with Gasteiger partial charge in [0.25, 0.3) is 0 Å². The largest absolute Gasteiger partial charge is 0.325 e. The first-order valence-corrected chi connectivity index (χ1v) is 8.58. The zero-order valence-corrected chi connectivity index (χ0v) is 13.6. The minimum atomic E-state index is -0.793.